The second-order valence-electron chi connectivity index (χ2n) is 5.94. The van der Waals surface area contributed by atoms with Crippen molar-refractivity contribution in [2.24, 2.45) is 0 Å². The molecule has 3 rings (SSSR count). The van der Waals surface area contributed by atoms with Gasteiger partial charge in [-0.25, -0.2) is 12.7 Å². The molecule has 1 atom stereocenters. The highest BCUT2D eigenvalue weighted by Gasteiger charge is 2.52. The Labute approximate surface area is 150 Å². The van der Waals surface area contributed by atoms with E-state index in [1.807, 2.05) is 0 Å². The van der Waals surface area contributed by atoms with Crippen LogP contribution in [0.1, 0.15) is 25.8 Å². The normalized spacial score (nSPS) is 25.2. The number of carbonyl (C=O) groups excluding carboxylic acids is 2. The van der Waals surface area contributed by atoms with Crippen LogP contribution < -0.4 is 0 Å². The Balaban J connectivity index is 2.07. The lowest BCUT2D eigenvalue weighted by Crippen LogP contribution is -2.32. The van der Waals surface area contributed by atoms with Gasteiger partial charge in [0.1, 0.15) is 0 Å². The number of hydrogen-bond acceptors (Lipinski definition) is 6. The van der Waals surface area contributed by atoms with Crippen molar-refractivity contribution in [2.45, 2.75) is 25.9 Å². The Morgan fingerprint density at radius 3 is 2.48 bits per heavy atom. The first-order chi connectivity index (χ1) is 11.6. The first kappa shape index (κ1) is 17.8. The fourth-order valence-corrected chi connectivity index (χ4v) is 4.44. The number of esters is 1. The van der Waals surface area contributed by atoms with Crippen LogP contribution in [0.2, 0.25) is 5.02 Å². The summed E-state index contributed by atoms with van der Waals surface area (Å²) >= 11 is 5.87. The predicted molar refractivity (Wildman–Crippen MR) is 88.8 cm³/mol. The average Bonchev–Trinajstić information content (AvgIpc) is 2.99. The molecular weight excluding hydrogens is 370 g/mol. The van der Waals surface area contributed by atoms with E-state index in [0.29, 0.717) is 17.0 Å². The largest absolute Gasteiger partial charge is 0.456 e. The van der Waals surface area contributed by atoms with E-state index in [9.17, 15) is 18.0 Å². The van der Waals surface area contributed by atoms with E-state index in [-0.39, 0.29) is 18.2 Å². The minimum atomic E-state index is -3.62. The number of Topliss-reactive ketones (excluding diaryl/α,β-unsaturated/α-hetero) is 1. The van der Waals surface area contributed by atoms with Crippen molar-refractivity contribution in [3.8, 4) is 0 Å². The molecule has 134 valence electrons. The summed E-state index contributed by atoms with van der Waals surface area (Å²) in [6, 6.07) is 6.39. The molecule has 0 radical (unpaired) electrons. The van der Waals surface area contributed by atoms with Gasteiger partial charge in [-0.15, -0.1) is 0 Å². The molecule has 1 aromatic rings. The van der Waals surface area contributed by atoms with E-state index in [4.69, 9.17) is 21.1 Å². The van der Waals surface area contributed by atoms with Gasteiger partial charge in [0.05, 0.1) is 5.75 Å². The van der Waals surface area contributed by atoms with Gasteiger partial charge in [-0.3, -0.25) is 9.59 Å². The number of hydrogen-bond donors (Lipinski definition) is 0. The molecule has 2 aliphatic rings. The fourth-order valence-electron chi connectivity index (χ4n) is 2.82. The number of halogens is 1. The van der Waals surface area contributed by atoms with Crippen molar-refractivity contribution in [2.75, 3.05) is 12.3 Å². The van der Waals surface area contributed by atoms with Crippen molar-refractivity contribution in [1.82, 2.24) is 4.31 Å². The quantitative estimate of drug-likeness (QED) is 0.738. The van der Waals surface area contributed by atoms with Gasteiger partial charge in [0.15, 0.2) is 5.60 Å². The molecule has 1 unspecified atom stereocenters. The minimum Gasteiger partial charge on any atom is -0.456 e. The van der Waals surface area contributed by atoms with E-state index in [1.54, 1.807) is 24.3 Å². The molecule has 1 fully saturated rings. The lowest BCUT2D eigenvalue weighted by molar-refractivity contribution is -0.142. The standard InChI is InChI=1S/C16H16ClNO6S/c1-10(19)23-13-14(20)16(2,11-4-6-12(17)7-5-11)24-15(13)18-8-3-9-25(18,21)22/h4-7H,3,8-9H2,1-2H3. The molecule has 1 saturated heterocycles. The smallest absolute Gasteiger partial charge is 0.308 e. The number of benzene rings is 1. The van der Waals surface area contributed by atoms with Gasteiger partial charge < -0.3 is 9.47 Å². The molecule has 0 bridgehead atoms. The molecule has 9 heteroatoms. The van der Waals surface area contributed by atoms with E-state index < -0.39 is 33.1 Å². The summed E-state index contributed by atoms with van der Waals surface area (Å²) in [6.45, 7) is 2.79. The summed E-state index contributed by atoms with van der Waals surface area (Å²) in [5.74, 6) is -2.05. The van der Waals surface area contributed by atoms with Crippen LogP contribution in [0.4, 0.5) is 0 Å². The van der Waals surface area contributed by atoms with Gasteiger partial charge in [-0.2, -0.15) is 0 Å². The first-order valence-corrected chi connectivity index (χ1v) is 9.57. The van der Waals surface area contributed by atoms with Gasteiger partial charge in [-0.05, 0) is 25.5 Å². The van der Waals surface area contributed by atoms with Crippen molar-refractivity contribution in [3.63, 3.8) is 0 Å². The van der Waals surface area contributed by atoms with Gasteiger partial charge in [0.25, 0.3) is 11.7 Å². The second-order valence-corrected chi connectivity index (χ2v) is 8.39. The van der Waals surface area contributed by atoms with Crippen LogP contribution in [-0.4, -0.2) is 36.8 Å². The SMILES string of the molecule is CC(=O)OC1=C(N2CCCS2(=O)=O)OC(C)(c2ccc(Cl)cc2)C1=O. The second kappa shape index (κ2) is 6.03. The summed E-state index contributed by atoms with van der Waals surface area (Å²) in [7, 11) is -3.62. The maximum Gasteiger partial charge on any atom is 0.308 e. The minimum absolute atomic E-state index is 0.0565. The van der Waals surface area contributed by atoms with Crippen LogP contribution in [0.5, 0.6) is 0 Å². The Hall–Kier alpha value is -2.06. The predicted octanol–water partition coefficient (Wildman–Crippen LogP) is 1.92. The zero-order valence-electron chi connectivity index (χ0n) is 13.6. The van der Waals surface area contributed by atoms with Gasteiger partial charge in [0, 0.05) is 24.1 Å². The molecule has 2 aliphatic heterocycles. The van der Waals surface area contributed by atoms with Crippen LogP contribution >= 0.6 is 11.6 Å². The fraction of sp³-hybridized carbons (Fsp3) is 0.375. The van der Waals surface area contributed by atoms with Gasteiger partial charge in [-0.1, -0.05) is 23.7 Å². The summed E-state index contributed by atoms with van der Waals surface area (Å²) in [6.07, 6.45) is 0.397. The van der Waals surface area contributed by atoms with Crippen LogP contribution in [0.3, 0.4) is 0 Å². The monoisotopic (exact) mass is 385 g/mol. The van der Waals surface area contributed by atoms with E-state index in [1.165, 1.54) is 6.92 Å². The molecule has 0 aliphatic carbocycles. The number of carbonyl (C=O) groups is 2. The maximum absolute atomic E-state index is 12.9. The van der Waals surface area contributed by atoms with Crippen molar-refractivity contribution >= 4 is 33.4 Å². The number of ketones is 1. The third-order valence-corrected chi connectivity index (χ3v) is 6.18. The number of sulfonamides is 1. The molecule has 1 aromatic carbocycles. The zero-order valence-corrected chi connectivity index (χ0v) is 15.2. The molecule has 0 N–H and O–H groups in total. The van der Waals surface area contributed by atoms with Crippen molar-refractivity contribution in [1.29, 1.82) is 0 Å². The van der Waals surface area contributed by atoms with Crippen LogP contribution in [0, 0.1) is 0 Å². The molecular formula is C16H16ClNO6S. The Morgan fingerprint density at radius 1 is 1.32 bits per heavy atom. The first-order valence-electron chi connectivity index (χ1n) is 7.58. The average molecular weight is 386 g/mol. The molecule has 0 aromatic heterocycles. The van der Waals surface area contributed by atoms with Gasteiger partial charge >= 0.3 is 5.97 Å². The summed E-state index contributed by atoms with van der Waals surface area (Å²) < 4.78 is 36.2. The van der Waals surface area contributed by atoms with Gasteiger partial charge in [0.2, 0.25) is 15.8 Å². The molecule has 0 amide bonds. The Bertz CT molecular complexity index is 876. The number of nitrogens with zero attached hydrogens (tertiary/aromatic N) is 1. The molecule has 0 saturated carbocycles. The molecule has 7 nitrogen and oxygen atoms in total. The molecule has 2 heterocycles. The lowest BCUT2D eigenvalue weighted by atomic mass is 9.92. The third kappa shape index (κ3) is 3.00. The third-order valence-electron chi connectivity index (χ3n) is 4.10. The van der Waals surface area contributed by atoms with E-state index in [0.717, 1.165) is 11.2 Å². The summed E-state index contributed by atoms with van der Waals surface area (Å²) in [5.41, 5.74) is -1.04. The maximum atomic E-state index is 12.9. The number of ether oxygens (including phenoxy) is 2. The Kier molecular flexibility index (Phi) is 4.28. The van der Waals surface area contributed by atoms with Crippen LogP contribution in [-0.2, 0) is 34.7 Å². The van der Waals surface area contributed by atoms with Crippen LogP contribution in [0.25, 0.3) is 0 Å². The Morgan fingerprint density at radius 2 is 1.96 bits per heavy atom. The van der Waals surface area contributed by atoms with Crippen molar-refractivity contribution in [3.05, 3.63) is 46.5 Å². The summed E-state index contributed by atoms with van der Waals surface area (Å²) in [4.78, 5) is 24.3. The summed E-state index contributed by atoms with van der Waals surface area (Å²) in [5, 5.41) is 0.480. The van der Waals surface area contributed by atoms with E-state index in [2.05, 4.69) is 0 Å². The molecule has 25 heavy (non-hydrogen) atoms. The highest BCUT2D eigenvalue weighted by Crippen LogP contribution is 2.42. The van der Waals surface area contributed by atoms with Crippen molar-refractivity contribution < 1.29 is 27.5 Å². The van der Waals surface area contributed by atoms with E-state index >= 15 is 0 Å². The van der Waals surface area contributed by atoms with Crippen LogP contribution in [0.15, 0.2) is 35.9 Å². The zero-order chi connectivity index (χ0) is 18.4. The highest BCUT2D eigenvalue weighted by atomic mass is 35.5. The number of rotatable bonds is 3. The lowest BCUT2D eigenvalue weighted by Gasteiger charge is -2.26. The highest BCUT2D eigenvalue weighted by molar-refractivity contribution is 7.89. The topological polar surface area (TPSA) is 90.0 Å². The molecule has 0 spiro atoms.